The van der Waals surface area contributed by atoms with Crippen LogP contribution in [-0.4, -0.2) is 87.5 Å². The van der Waals surface area contributed by atoms with Gasteiger partial charge < -0.3 is 40.3 Å². The molecule has 1 aliphatic heterocycles. The van der Waals surface area contributed by atoms with Crippen molar-refractivity contribution >= 4 is 5.91 Å². The Labute approximate surface area is 573 Å². The maximum Gasteiger partial charge on any atom is 0.220 e. The van der Waals surface area contributed by atoms with Crippen molar-refractivity contribution in [3.8, 4) is 0 Å². The molecule has 1 fully saturated rings. The van der Waals surface area contributed by atoms with E-state index in [4.69, 9.17) is 9.47 Å². The fourth-order valence-corrected chi connectivity index (χ4v) is 11.9. The van der Waals surface area contributed by atoms with E-state index in [0.717, 1.165) is 89.9 Å². The van der Waals surface area contributed by atoms with Gasteiger partial charge in [-0.2, -0.15) is 0 Å². The van der Waals surface area contributed by atoms with E-state index in [0.29, 0.717) is 6.42 Å². The topological polar surface area (TPSA) is 149 Å². The predicted octanol–water partition coefficient (Wildman–Crippen LogP) is 22.5. The molecule has 1 amide bonds. The van der Waals surface area contributed by atoms with Crippen LogP contribution < -0.4 is 5.32 Å². The van der Waals surface area contributed by atoms with Gasteiger partial charge in [0.05, 0.1) is 25.4 Å². The zero-order valence-corrected chi connectivity index (χ0v) is 60.2. The van der Waals surface area contributed by atoms with Crippen LogP contribution in [0.2, 0.25) is 0 Å². The van der Waals surface area contributed by atoms with Crippen molar-refractivity contribution in [1.29, 1.82) is 0 Å². The Morgan fingerprint density at radius 2 is 0.677 bits per heavy atom. The molecule has 1 rings (SSSR count). The van der Waals surface area contributed by atoms with Crippen LogP contribution >= 0.6 is 0 Å². The van der Waals surface area contributed by atoms with Crippen molar-refractivity contribution in [2.24, 2.45) is 0 Å². The number of carbonyl (C=O) groups excluding carboxylic acids is 1. The highest BCUT2D eigenvalue weighted by Crippen LogP contribution is 2.23. The van der Waals surface area contributed by atoms with E-state index < -0.39 is 49.5 Å². The molecule has 1 aliphatic rings. The van der Waals surface area contributed by atoms with E-state index >= 15 is 0 Å². The average Bonchev–Trinajstić information content (AvgIpc) is 1.00. The highest BCUT2D eigenvalue weighted by molar-refractivity contribution is 5.76. The number of ether oxygens (including phenoxy) is 2. The zero-order chi connectivity index (χ0) is 67.1. The largest absolute Gasteiger partial charge is 0.394 e. The second-order valence-electron chi connectivity index (χ2n) is 26.8. The molecule has 93 heavy (non-hydrogen) atoms. The van der Waals surface area contributed by atoms with E-state index in [2.05, 4.69) is 129 Å². The van der Waals surface area contributed by atoms with Crippen molar-refractivity contribution in [2.75, 3.05) is 13.2 Å². The lowest BCUT2D eigenvalue weighted by Crippen LogP contribution is -2.60. The second-order valence-corrected chi connectivity index (χ2v) is 26.8. The van der Waals surface area contributed by atoms with Gasteiger partial charge in [-0.1, -0.05) is 360 Å². The number of allylic oxidation sites excluding steroid dienone is 19. The van der Waals surface area contributed by atoms with Gasteiger partial charge >= 0.3 is 0 Å². The van der Waals surface area contributed by atoms with Gasteiger partial charge in [0.25, 0.3) is 0 Å². The maximum atomic E-state index is 13.2. The third-order valence-corrected chi connectivity index (χ3v) is 18.0. The lowest BCUT2D eigenvalue weighted by Gasteiger charge is -2.40. The maximum absolute atomic E-state index is 13.2. The Balaban J connectivity index is 2.10. The highest BCUT2D eigenvalue weighted by atomic mass is 16.7. The molecule has 0 aliphatic carbocycles. The number of unbranched alkanes of at least 4 members (excludes halogenated alkanes) is 40. The van der Waals surface area contributed by atoms with Crippen LogP contribution in [0.5, 0.6) is 0 Å². The van der Waals surface area contributed by atoms with Crippen molar-refractivity contribution in [3.05, 3.63) is 122 Å². The summed E-state index contributed by atoms with van der Waals surface area (Å²) in [5, 5.41) is 54.8. The third-order valence-electron chi connectivity index (χ3n) is 18.0. The summed E-state index contributed by atoms with van der Waals surface area (Å²) in [4.78, 5) is 13.2. The number of aliphatic hydroxyl groups excluding tert-OH is 5. The summed E-state index contributed by atoms with van der Waals surface area (Å²) >= 11 is 0. The van der Waals surface area contributed by atoms with Gasteiger partial charge in [0, 0.05) is 6.42 Å². The standard InChI is InChI=1S/C84H147NO8/c1-3-5-7-9-11-13-15-17-19-21-23-25-27-29-31-33-34-35-36-37-38-39-40-41-42-43-44-46-48-50-52-54-56-58-60-62-64-66-68-70-72-74-80(88)85-77(76-92-84-83(91)82(90)81(89)79(75-86)93-84)78(87)73-71-69-67-65-63-61-59-57-55-53-51-49-47-45-32-30-28-26-24-22-20-18-16-14-12-10-8-6-4-2/h5,7,11,13,17,19,23,25,29,31,34-35,37-38,55,57,63,65,71,73,77-79,81-84,86-87,89-91H,3-4,6,8-10,12,14-16,18,20-22,24,26-28,30,32-33,36,39-54,56,58-62,64,66-70,72,74-76H2,1-2H3,(H,85,88)/b7-5-,13-11-,19-17-,25-23-,31-29-,35-34-,38-37-,57-55+,65-63+,73-71+. The average molecular weight is 1300 g/mol. The summed E-state index contributed by atoms with van der Waals surface area (Å²) in [6.07, 6.45) is 101. The molecule has 0 aromatic carbocycles. The lowest BCUT2D eigenvalue weighted by atomic mass is 9.99. The van der Waals surface area contributed by atoms with E-state index in [9.17, 15) is 30.3 Å². The minimum absolute atomic E-state index is 0.189. The van der Waals surface area contributed by atoms with Crippen LogP contribution in [0.15, 0.2) is 122 Å². The van der Waals surface area contributed by atoms with Crippen molar-refractivity contribution in [3.63, 3.8) is 0 Å². The first-order valence-corrected chi connectivity index (χ1v) is 39.3. The van der Waals surface area contributed by atoms with Crippen molar-refractivity contribution < 1.29 is 39.8 Å². The molecule has 1 saturated heterocycles. The Hall–Kier alpha value is -3.41. The number of aliphatic hydroxyl groups is 5. The predicted molar refractivity (Wildman–Crippen MR) is 400 cm³/mol. The van der Waals surface area contributed by atoms with Gasteiger partial charge in [0.1, 0.15) is 24.4 Å². The van der Waals surface area contributed by atoms with Gasteiger partial charge in [-0.3, -0.25) is 4.79 Å². The van der Waals surface area contributed by atoms with Gasteiger partial charge in [-0.05, 0) is 103 Å². The number of nitrogens with one attached hydrogen (secondary N) is 1. The van der Waals surface area contributed by atoms with Crippen molar-refractivity contribution in [2.45, 2.75) is 391 Å². The molecule has 536 valence electrons. The SMILES string of the molecule is CC/C=C\C/C=C\C/C=C\C/C=C\C/C=C\C/C=C\C/C=C\CCCCCCCCCCCCCCCCCCCCCC(=O)NC(COC1OC(CO)C(O)C(O)C1O)C(O)/C=C/CC/C=C/CC/C=C/CCCCCCCCCCCCCCCCCCCCC. The quantitative estimate of drug-likeness (QED) is 0.0261. The van der Waals surface area contributed by atoms with E-state index in [-0.39, 0.29) is 12.5 Å². The monoisotopic (exact) mass is 1300 g/mol. The Morgan fingerprint density at radius 1 is 0.376 bits per heavy atom. The molecule has 0 radical (unpaired) electrons. The van der Waals surface area contributed by atoms with Gasteiger partial charge in [-0.25, -0.2) is 0 Å². The van der Waals surface area contributed by atoms with E-state index in [1.54, 1.807) is 6.08 Å². The molecule has 0 aromatic heterocycles. The summed E-state index contributed by atoms with van der Waals surface area (Å²) in [5.41, 5.74) is 0. The molecule has 0 aromatic rings. The van der Waals surface area contributed by atoms with Crippen LogP contribution in [0.3, 0.4) is 0 Å². The number of hydrogen-bond donors (Lipinski definition) is 6. The number of amides is 1. The molecular weight excluding hydrogens is 1150 g/mol. The zero-order valence-electron chi connectivity index (χ0n) is 60.2. The van der Waals surface area contributed by atoms with Gasteiger partial charge in [0.2, 0.25) is 5.91 Å². The van der Waals surface area contributed by atoms with Crippen molar-refractivity contribution in [1.82, 2.24) is 5.32 Å². The minimum Gasteiger partial charge on any atom is -0.394 e. The molecule has 7 atom stereocenters. The molecule has 1 heterocycles. The van der Waals surface area contributed by atoms with Gasteiger partial charge in [0.15, 0.2) is 6.29 Å². The highest BCUT2D eigenvalue weighted by Gasteiger charge is 2.44. The fraction of sp³-hybridized carbons (Fsp3) is 0.750. The summed E-state index contributed by atoms with van der Waals surface area (Å²) in [6.45, 7) is 3.68. The summed E-state index contributed by atoms with van der Waals surface area (Å²) < 4.78 is 11.3. The summed E-state index contributed by atoms with van der Waals surface area (Å²) in [7, 11) is 0. The Bertz CT molecular complexity index is 1890. The van der Waals surface area contributed by atoms with Crippen LogP contribution in [0, 0.1) is 0 Å². The van der Waals surface area contributed by atoms with Crippen LogP contribution in [0.4, 0.5) is 0 Å². The van der Waals surface area contributed by atoms with Crippen LogP contribution in [0.1, 0.15) is 348 Å². The summed E-state index contributed by atoms with van der Waals surface area (Å²) in [6, 6.07) is -0.835. The third kappa shape index (κ3) is 59.6. The molecule has 0 bridgehead atoms. The molecule has 9 nitrogen and oxygen atoms in total. The lowest BCUT2D eigenvalue weighted by molar-refractivity contribution is -0.302. The molecule has 0 spiro atoms. The number of hydrogen-bond acceptors (Lipinski definition) is 8. The first kappa shape index (κ1) is 87.6. The molecular formula is C84H147NO8. The molecule has 6 N–H and O–H groups in total. The minimum atomic E-state index is -1.58. The van der Waals surface area contributed by atoms with Crippen LogP contribution in [0.25, 0.3) is 0 Å². The first-order valence-electron chi connectivity index (χ1n) is 39.3. The fourth-order valence-electron chi connectivity index (χ4n) is 11.9. The Kier molecular flexibility index (Phi) is 67.2. The van der Waals surface area contributed by atoms with Crippen LogP contribution in [-0.2, 0) is 14.3 Å². The van der Waals surface area contributed by atoms with Gasteiger partial charge in [-0.15, -0.1) is 0 Å². The second kappa shape index (κ2) is 71.4. The molecule has 7 unspecified atom stereocenters. The molecule has 0 saturated carbocycles. The van der Waals surface area contributed by atoms with E-state index in [1.165, 1.54) is 238 Å². The normalized spacial score (nSPS) is 18.3. The smallest absolute Gasteiger partial charge is 0.220 e. The molecule has 9 heteroatoms. The summed E-state index contributed by atoms with van der Waals surface area (Å²) in [5.74, 6) is -0.189. The number of rotatable bonds is 68. The number of carbonyl (C=O) groups is 1. The first-order chi connectivity index (χ1) is 45.8. The van der Waals surface area contributed by atoms with E-state index in [1.807, 2.05) is 6.08 Å². The Morgan fingerprint density at radius 3 is 1.03 bits per heavy atom.